The Balaban J connectivity index is 1.78. The van der Waals surface area contributed by atoms with Crippen molar-refractivity contribution in [1.29, 1.82) is 0 Å². The number of ether oxygens (including phenoxy) is 1. The van der Waals surface area contributed by atoms with Gasteiger partial charge in [-0.2, -0.15) is 0 Å². The molecule has 18 heavy (non-hydrogen) atoms. The number of aromatic nitrogens is 1. The second-order valence-electron chi connectivity index (χ2n) is 4.38. The quantitative estimate of drug-likeness (QED) is 0.806. The molecule has 0 atom stereocenters. The number of nitrogens with zero attached hydrogens (tertiary/aromatic N) is 1. The first-order chi connectivity index (χ1) is 8.72. The van der Waals surface area contributed by atoms with E-state index in [4.69, 9.17) is 10.5 Å². The molecule has 1 aromatic heterocycles. The summed E-state index contributed by atoms with van der Waals surface area (Å²) < 4.78 is 5.45. The van der Waals surface area contributed by atoms with Crippen molar-refractivity contribution in [1.82, 2.24) is 10.3 Å². The maximum atomic E-state index is 11.9. The Labute approximate surface area is 111 Å². The molecule has 5 nitrogen and oxygen atoms in total. The molecule has 1 fully saturated rings. The molecule has 0 radical (unpaired) electrons. The zero-order chi connectivity index (χ0) is 13.0. The second kappa shape index (κ2) is 6.26. The first kappa shape index (κ1) is 13.5. The largest absolute Gasteiger partial charge is 0.378 e. The standard InChI is InChI=1S/C12H19N3O2S/c1-2-17-9-5-8(6-9)14-12(16)10-7-18-11(15-10)3-4-13/h7-9H,2-6,13H2,1H3,(H,14,16). The van der Waals surface area contributed by atoms with Crippen molar-refractivity contribution in [3.63, 3.8) is 0 Å². The predicted octanol–water partition coefficient (Wildman–Crippen LogP) is 0.942. The minimum atomic E-state index is -0.0885. The molecule has 0 bridgehead atoms. The molecule has 100 valence electrons. The van der Waals surface area contributed by atoms with E-state index in [-0.39, 0.29) is 11.9 Å². The van der Waals surface area contributed by atoms with E-state index in [9.17, 15) is 4.79 Å². The Morgan fingerprint density at radius 1 is 1.67 bits per heavy atom. The second-order valence-corrected chi connectivity index (χ2v) is 5.33. The highest BCUT2D eigenvalue weighted by atomic mass is 32.1. The molecule has 1 aromatic rings. The number of hydrogen-bond acceptors (Lipinski definition) is 5. The van der Waals surface area contributed by atoms with Crippen LogP contribution in [0.3, 0.4) is 0 Å². The molecule has 0 saturated heterocycles. The van der Waals surface area contributed by atoms with Crippen LogP contribution in [0.1, 0.15) is 35.3 Å². The van der Waals surface area contributed by atoms with Crippen LogP contribution in [0.5, 0.6) is 0 Å². The molecule has 1 aliphatic carbocycles. The van der Waals surface area contributed by atoms with E-state index >= 15 is 0 Å². The van der Waals surface area contributed by atoms with E-state index in [2.05, 4.69) is 10.3 Å². The number of amides is 1. The monoisotopic (exact) mass is 269 g/mol. The number of rotatable bonds is 6. The number of carbonyl (C=O) groups is 1. The van der Waals surface area contributed by atoms with Crippen LogP contribution in [0, 0.1) is 0 Å². The highest BCUT2D eigenvalue weighted by Crippen LogP contribution is 2.23. The van der Waals surface area contributed by atoms with Crippen LogP contribution in [0.25, 0.3) is 0 Å². The number of hydrogen-bond donors (Lipinski definition) is 2. The summed E-state index contributed by atoms with van der Waals surface area (Å²) in [5, 5.41) is 5.68. The van der Waals surface area contributed by atoms with Crippen LogP contribution in [0.2, 0.25) is 0 Å². The summed E-state index contributed by atoms with van der Waals surface area (Å²) in [5.74, 6) is -0.0885. The van der Waals surface area contributed by atoms with Gasteiger partial charge in [-0.25, -0.2) is 4.98 Å². The van der Waals surface area contributed by atoms with Gasteiger partial charge in [-0.3, -0.25) is 4.79 Å². The number of nitrogens with two attached hydrogens (primary N) is 1. The van der Waals surface area contributed by atoms with E-state index in [0.29, 0.717) is 18.3 Å². The molecule has 2 rings (SSSR count). The first-order valence-corrected chi connectivity index (χ1v) is 7.17. The summed E-state index contributed by atoms with van der Waals surface area (Å²) in [6.07, 6.45) is 2.84. The molecule has 1 heterocycles. The molecule has 1 saturated carbocycles. The molecule has 0 aliphatic heterocycles. The zero-order valence-electron chi connectivity index (χ0n) is 10.5. The Morgan fingerprint density at radius 3 is 3.11 bits per heavy atom. The average Bonchev–Trinajstić information content (AvgIpc) is 2.75. The summed E-state index contributed by atoms with van der Waals surface area (Å²) >= 11 is 1.49. The fraction of sp³-hybridized carbons (Fsp3) is 0.667. The molecular formula is C12H19N3O2S. The lowest BCUT2D eigenvalue weighted by atomic mass is 9.89. The predicted molar refractivity (Wildman–Crippen MR) is 70.8 cm³/mol. The van der Waals surface area contributed by atoms with Crippen LogP contribution in [-0.2, 0) is 11.2 Å². The Hall–Kier alpha value is -0.980. The van der Waals surface area contributed by atoms with Gasteiger partial charge in [-0.05, 0) is 26.3 Å². The van der Waals surface area contributed by atoms with E-state index in [1.54, 1.807) is 5.38 Å². The minimum absolute atomic E-state index is 0.0885. The van der Waals surface area contributed by atoms with Gasteiger partial charge >= 0.3 is 0 Å². The van der Waals surface area contributed by atoms with Gasteiger partial charge in [0.15, 0.2) is 0 Å². The number of thiazole rings is 1. The lowest BCUT2D eigenvalue weighted by Gasteiger charge is -2.35. The smallest absolute Gasteiger partial charge is 0.270 e. The maximum absolute atomic E-state index is 11.9. The molecule has 1 aliphatic rings. The Morgan fingerprint density at radius 2 is 2.44 bits per heavy atom. The van der Waals surface area contributed by atoms with Gasteiger partial charge < -0.3 is 15.8 Å². The van der Waals surface area contributed by atoms with Gasteiger partial charge in [-0.1, -0.05) is 0 Å². The van der Waals surface area contributed by atoms with Crippen molar-refractivity contribution < 1.29 is 9.53 Å². The van der Waals surface area contributed by atoms with Gasteiger partial charge in [0.1, 0.15) is 5.69 Å². The normalized spacial score (nSPS) is 22.6. The highest BCUT2D eigenvalue weighted by molar-refractivity contribution is 7.09. The molecule has 3 N–H and O–H groups in total. The lowest BCUT2D eigenvalue weighted by Crippen LogP contribution is -2.47. The van der Waals surface area contributed by atoms with E-state index in [1.165, 1.54) is 11.3 Å². The summed E-state index contributed by atoms with van der Waals surface area (Å²) in [5.41, 5.74) is 5.96. The van der Waals surface area contributed by atoms with Crippen LogP contribution >= 0.6 is 11.3 Å². The van der Waals surface area contributed by atoms with Crippen LogP contribution < -0.4 is 11.1 Å². The topological polar surface area (TPSA) is 77.2 Å². The van der Waals surface area contributed by atoms with Crippen molar-refractivity contribution in [3.05, 3.63) is 16.1 Å². The third-order valence-electron chi connectivity index (χ3n) is 2.97. The van der Waals surface area contributed by atoms with Crippen molar-refractivity contribution >= 4 is 17.2 Å². The maximum Gasteiger partial charge on any atom is 0.270 e. The van der Waals surface area contributed by atoms with Gasteiger partial charge in [0.05, 0.1) is 11.1 Å². The van der Waals surface area contributed by atoms with Crippen molar-refractivity contribution in [2.24, 2.45) is 5.73 Å². The van der Waals surface area contributed by atoms with Crippen LogP contribution in [0.4, 0.5) is 0 Å². The number of nitrogens with one attached hydrogen (secondary N) is 1. The number of carbonyl (C=O) groups excluding carboxylic acids is 1. The molecule has 0 aromatic carbocycles. The Kier molecular flexibility index (Phi) is 4.68. The molecule has 0 unspecified atom stereocenters. The van der Waals surface area contributed by atoms with E-state index in [1.807, 2.05) is 6.92 Å². The van der Waals surface area contributed by atoms with Gasteiger partial charge in [0.2, 0.25) is 0 Å². The van der Waals surface area contributed by atoms with E-state index < -0.39 is 0 Å². The summed E-state index contributed by atoms with van der Waals surface area (Å²) in [7, 11) is 0. The third kappa shape index (κ3) is 3.28. The third-order valence-corrected chi connectivity index (χ3v) is 3.88. The lowest BCUT2D eigenvalue weighted by molar-refractivity contribution is -0.00866. The van der Waals surface area contributed by atoms with E-state index in [0.717, 1.165) is 30.9 Å². The van der Waals surface area contributed by atoms with Gasteiger partial charge in [0, 0.05) is 24.4 Å². The highest BCUT2D eigenvalue weighted by Gasteiger charge is 2.31. The fourth-order valence-electron chi connectivity index (χ4n) is 1.97. The van der Waals surface area contributed by atoms with Gasteiger partial charge in [-0.15, -0.1) is 11.3 Å². The summed E-state index contributed by atoms with van der Waals surface area (Å²) in [6, 6.07) is 0.230. The minimum Gasteiger partial charge on any atom is -0.378 e. The SMILES string of the molecule is CCOC1CC(NC(=O)c2csc(CCN)n2)C1. The molecule has 6 heteroatoms. The van der Waals surface area contributed by atoms with Crippen LogP contribution in [0.15, 0.2) is 5.38 Å². The Bertz CT molecular complexity index is 402. The van der Waals surface area contributed by atoms with Crippen molar-refractivity contribution in [3.8, 4) is 0 Å². The molecular weight excluding hydrogens is 250 g/mol. The first-order valence-electron chi connectivity index (χ1n) is 6.29. The van der Waals surface area contributed by atoms with Crippen LogP contribution in [-0.4, -0.2) is 36.2 Å². The average molecular weight is 269 g/mol. The summed E-state index contributed by atoms with van der Waals surface area (Å²) in [4.78, 5) is 16.2. The summed E-state index contributed by atoms with van der Waals surface area (Å²) in [6.45, 7) is 3.28. The van der Waals surface area contributed by atoms with Crippen molar-refractivity contribution in [2.75, 3.05) is 13.2 Å². The molecule has 1 amide bonds. The fourth-order valence-corrected chi connectivity index (χ4v) is 2.76. The van der Waals surface area contributed by atoms with Gasteiger partial charge in [0.25, 0.3) is 5.91 Å². The molecule has 0 spiro atoms. The van der Waals surface area contributed by atoms with Crippen molar-refractivity contribution in [2.45, 2.75) is 38.3 Å². The zero-order valence-corrected chi connectivity index (χ0v) is 11.3.